The Morgan fingerprint density at radius 3 is 2.32 bits per heavy atom. The lowest BCUT2D eigenvalue weighted by Gasteiger charge is -2.33. The molecule has 0 bridgehead atoms. The van der Waals surface area contributed by atoms with Crippen molar-refractivity contribution in [3.63, 3.8) is 0 Å². The summed E-state index contributed by atoms with van der Waals surface area (Å²) in [7, 11) is 0. The Kier molecular flexibility index (Phi) is 7.58. The van der Waals surface area contributed by atoms with Gasteiger partial charge in [0.2, 0.25) is 0 Å². The highest BCUT2D eigenvalue weighted by molar-refractivity contribution is 5.10. The Hall–Kier alpha value is -0.860. The first-order chi connectivity index (χ1) is 10.2. The molecule has 22 heavy (non-hydrogen) atoms. The predicted molar refractivity (Wildman–Crippen MR) is 94.8 cm³/mol. The lowest BCUT2D eigenvalue weighted by molar-refractivity contribution is -0.0211. The summed E-state index contributed by atoms with van der Waals surface area (Å²) in [4.78, 5) is 0. The van der Waals surface area contributed by atoms with Crippen molar-refractivity contribution < 1.29 is 10.2 Å². The second-order valence-corrected chi connectivity index (χ2v) is 7.31. The smallest absolute Gasteiger partial charge is 0.0782 e. The molecule has 2 N–H and O–H groups in total. The minimum atomic E-state index is -0.673. The molecule has 0 aromatic rings. The van der Waals surface area contributed by atoms with Crippen LogP contribution in [0.5, 0.6) is 0 Å². The van der Waals surface area contributed by atoms with Crippen molar-refractivity contribution in [1.29, 1.82) is 0 Å². The zero-order valence-corrected chi connectivity index (χ0v) is 14.9. The van der Waals surface area contributed by atoms with Crippen molar-refractivity contribution in [2.24, 2.45) is 5.92 Å². The third kappa shape index (κ3) is 6.10. The normalized spacial score (nSPS) is 32.1. The average molecular weight is 306 g/mol. The van der Waals surface area contributed by atoms with E-state index in [4.69, 9.17) is 0 Å². The maximum atomic E-state index is 11.0. The number of hydrogen-bond acceptors (Lipinski definition) is 2. The second kappa shape index (κ2) is 8.69. The summed E-state index contributed by atoms with van der Waals surface area (Å²) < 4.78 is 0. The summed E-state index contributed by atoms with van der Waals surface area (Å²) in [5.74, 6) is 0.209. The average Bonchev–Trinajstić information content (AvgIpc) is 2.47. The highest BCUT2D eigenvalue weighted by atomic mass is 16.3. The second-order valence-electron chi connectivity index (χ2n) is 7.31. The monoisotopic (exact) mass is 306 g/mol. The van der Waals surface area contributed by atoms with Gasteiger partial charge >= 0.3 is 0 Å². The summed E-state index contributed by atoms with van der Waals surface area (Å²) in [5.41, 5.74) is 2.86. The molecule has 1 aliphatic carbocycles. The Morgan fingerprint density at radius 2 is 1.68 bits per heavy atom. The van der Waals surface area contributed by atoms with Crippen LogP contribution >= 0.6 is 0 Å². The highest BCUT2D eigenvalue weighted by Gasteiger charge is 2.30. The van der Waals surface area contributed by atoms with E-state index in [1.165, 1.54) is 11.1 Å². The number of rotatable bonds is 1. The van der Waals surface area contributed by atoms with Crippen LogP contribution in [0.25, 0.3) is 0 Å². The van der Waals surface area contributed by atoms with E-state index < -0.39 is 11.7 Å². The van der Waals surface area contributed by atoms with Crippen molar-refractivity contribution >= 4 is 0 Å². The summed E-state index contributed by atoms with van der Waals surface area (Å²) >= 11 is 0. The van der Waals surface area contributed by atoms with Gasteiger partial charge in [-0.2, -0.15) is 0 Å². The minimum absolute atomic E-state index is 0.209. The molecule has 2 heteroatoms. The molecule has 126 valence electrons. The van der Waals surface area contributed by atoms with Crippen molar-refractivity contribution in [1.82, 2.24) is 0 Å². The van der Waals surface area contributed by atoms with Gasteiger partial charge in [0, 0.05) is 0 Å². The van der Waals surface area contributed by atoms with Gasteiger partial charge in [-0.3, -0.25) is 0 Å². The van der Waals surface area contributed by atoms with E-state index in [0.717, 1.165) is 31.3 Å². The number of aliphatic hydroxyl groups excluding tert-OH is 1. The van der Waals surface area contributed by atoms with E-state index in [2.05, 4.69) is 46.4 Å². The molecule has 2 atom stereocenters. The molecule has 0 spiro atoms. The van der Waals surface area contributed by atoms with Gasteiger partial charge in [-0.05, 0) is 70.3 Å². The molecular weight excluding hydrogens is 272 g/mol. The molecule has 0 heterocycles. The zero-order chi connectivity index (χ0) is 16.8. The molecule has 0 saturated heterocycles. The SMILES string of the molecule is C=C1CCC(O)(C(C)C)CCC(C)=CCC/C(C)=C/CC1O. The first kappa shape index (κ1) is 19.2. The molecule has 2 nitrogen and oxygen atoms in total. The van der Waals surface area contributed by atoms with Gasteiger partial charge < -0.3 is 10.2 Å². The van der Waals surface area contributed by atoms with Crippen LogP contribution in [0.1, 0.15) is 72.6 Å². The zero-order valence-electron chi connectivity index (χ0n) is 14.9. The van der Waals surface area contributed by atoms with E-state index in [1.807, 2.05) is 0 Å². The molecule has 0 saturated carbocycles. The van der Waals surface area contributed by atoms with Crippen LogP contribution in [0.15, 0.2) is 35.5 Å². The highest BCUT2D eigenvalue weighted by Crippen LogP contribution is 2.32. The van der Waals surface area contributed by atoms with Crippen molar-refractivity contribution in [3.8, 4) is 0 Å². The first-order valence-electron chi connectivity index (χ1n) is 8.64. The molecule has 0 amide bonds. The minimum Gasteiger partial charge on any atom is -0.390 e. The topological polar surface area (TPSA) is 40.5 Å². The van der Waals surface area contributed by atoms with Crippen LogP contribution in [-0.4, -0.2) is 21.9 Å². The molecule has 0 radical (unpaired) electrons. The fraction of sp³-hybridized carbons (Fsp3) is 0.700. The number of aliphatic hydroxyl groups is 2. The van der Waals surface area contributed by atoms with E-state index >= 15 is 0 Å². The van der Waals surface area contributed by atoms with Crippen molar-refractivity contribution in [3.05, 3.63) is 35.5 Å². The summed E-state index contributed by atoms with van der Waals surface area (Å²) in [6.07, 6.45) is 9.70. The van der Waals surface area contributed by atoms with E-state index in [0.29, 0.717) is 19.3 Å². The third-order valence-corrected chi connectivity index (χ3v) is 5.10. The standard InChI is InChI=1S/C20H34O2/c1-15(2)20(22)13-11-17(4)8-6-7-16(3)9-10-19(21)18(5)12-14-20/h8-9,15,19,21-22H,5-7,10-14H2,1-4H3/b16-9+,17-8?. The largest absolute Gasteiger partial charge is 0.390 e. The lowest BCUT2D eigenvalue weighted by Crippen LogP contribution is -2.35. The van der Waals surface area contributed by atoms with Crippen LogP contribution in [0.2, 0.25) is 0 Å². The molecule has 0 aromatic carbocycles. The van der Waals surface area contributed by atoms with Crippen LogP contribution in [0, 0.1) is 5.92 Å². The molecular formula is C20H34O2. The van der Waals surface area contributed by atoms with Crippen LogP contribution < -0.4 is 0 Å². The number of hydrogen-bond donors (Lipinski definition) is 2. The van der Waals surface area contributed by atoms with Gasteiger partial charge in [0.1, 0.15) is 0 Å². The fourth-order valence-electron chi connectivity index (χ4n) is 2.89. The van der Waals surface area contributed by atoms with Crippen LogP contribution in [0.3, 0.4) is 0 Å². The molecule has 0 fully saturated rings. The quantitative estimate of drug-likeness (QED) is 0.674. The summed E-state index contributed by atoms with van der Waals surface area (Å²) in [5, 5.41) is 21.2. The molecule has 2 unspecified atom stereocenters. The maximum Gasteiger partial charge on any atom is 0.0782 e. The molecule has 0 aromatic heterocycles. The molecule has 1 rings (SSSR count). The number of allylic oxidation sites excluding steroid dienone is 3. The third-order valence-electron chi connectivity index (χ3n) is 5.10. The van der Waals surface area contributed by atoms with Crippen LogP contribution in [-0.2, 0) is 0 Å². The predicted octanol–water partition coefficient (Wildman–Crippen LogP) is 4.93. The van der Waals surface area contributed by atoms with E-state index in [1.54, 1.807) is 0 Å². The van der Waals surface area contributed by atoms with E-state index in [-0.39, 0.29) is 5.92 Å². The van der Waals surface area contributed by atoms with Gasteiger partial charge in [-0.15, -0.1) is 0 Å². The Morgan fingerprint density at radius 1 is 1.09 bits per heavy atom. The van der Waals surface area contributed by atoms with E-state index in [9.17, 15) is 10.2 Å². The Balaban J connectivity index is 2.88. The van der Waals surface area contributed by atoms with Gasteiger partial charge in [0.25, 0.3) is 0 Å². The van der Waals surface area contributed by atoms with Gasteiger partial charge in [-0.25, -0.2) is 0 Å². The summed E-state index contributed by atoms with van der Waals surface area (Å²) in [6, 6.07) is 0. The van der Waals surface area contributed by atoms with Crippen molar-refractivity contribution in [2.75, 3.05) is 0 Å². The van der Waals surface area contributed by atoms with Gasteiger partial charge in [0.15, 0.2) is 0 Å². The van der Waals surface area contributed by atoms with Gasteiger partial charge in [0.05, 0.1) is 11.7 Å². The fourth-order valence-corrected chi connectivity index (χ4v) is 2.89. The first-order valence-corrected chi connectivity index (χ1v) is 8.64. The lowest BCUT2D eigenvalue weighted by atomic mass is 9.79. The van der Waals surface area contributed by atoms with Crippen molar-refractivity contribution in [2.45, 2.75) is 84.3 Å². The molecule has 1 aliphatic rings. The molecule has 0 aliphatic heterocycles. The maximum absolute atomic E-state index is 11.0. The Labute approximate surface area is 136 Å². The van der Waals surface area contributed by atoms with Crippen LogP contribution in [0.4, 0.5) is 0 Å². The summed E-state index contributed by atoms with van der Waals surface area (Å²) in [6.45, 7) is 12.5. The van der Waals surface area contributed by atoms with Gasteiger partial charge in [-0.1, -0.05) is 43.7 Å². The Bertz CT molecular complexity index is 431.